The van der Waals surface area contributed by atoms with E-state index in [-0.39, 0.29) is 23.1 Å². The first-order valence-corrected chi connectivity index (χ1v) is 10.1. The van der Waals surface area contributed by atoms with Crippen molar-refractivity contribution in [2.75, 3.05) is 13.2 Å². The maximum atomic E-state index is 14.2. The minimum absolute atomic E-state index is 0.0454. The summed E-state index contributed by atoms with van der Waals surface area (Å²) in [6, 6.07) is 2.45. The first-order valence-electron chi connectivity index (χ1n) is 9.73. The lowest BCUT2D eigenvalue weighted by Crippen LogP contribution is -2.44. The Morgan fingerprint density at radius 2 is 1.88 bits per heavy atom. The minimum Gasteiger partial charge on any atom is -0.362 e. The summed E-state index contributed by atoms with van der Waals surface area (Å²) < 4.78 is 81.7. The van der Waals surface area contributed by atoms with Crippen LogP contribution in [0.25, 0.3) is 0 Å². The van der Waals surface area contributed by atoms with E-state index in [1.807, 2.05) is 0 Å². The third-order valence-corrected chi connectivity index (χ3v) is 5.86. The highest BCUT2D eigenvalue weighted by Gasteiger charge is 2.59. The molecule has 1 saturated heterocycles. The predicted molar refractivity (Wildman–Crippen MR) is 110 cm³/mol. The number of thiocarbonyl (C=S) groups is 1. The number of aromatic nitrogens is 2. The van der Waals surface area contributed by atoms with Gasteiger partial charge in [-0.3, -0.25) is 14.6 Å². The molecule has 2 atom stereocenters. The fourth-order valence-electron chi connectivity index (χ4n) is 3.60. The molecule has 2 unspecified atom stereocenters. The molecule has 0 saturated carbocycles. The Morgan fingerprint density at radius 1 is 1.18 bits per heavy atom. The summed E-state index contributed by atoms with van der Waals surface area (Å²) in [5.41, 5.74) is -1.99. The third-order valence-electron chi connectivity index (χ3n) is 5.51. The molecular weight excluding hydrogens is 488 g/mol. The molecule has 7 nitrogen and oxygen atoms in total. The van der Waals surface area contributed by atoms with Crippen LogP contribution < -0.4 is 10.8 Å². The molecule has 180 valence electrons. The highest BCUT2D eigenvalue weighted by molar-refractivity contribution is 7.80. The van der Waals surface area contributed by atoms with Crippen LogP contribution in [-0.2, 0) is 21.2 Å². The second-order valence-electron chi connectivity index (χ2n) is 7.70. The largest absolute Gasteiger partial charge is 0.416 e. The molecule has 0 bridgehead atoms. The van der Waals surface area contributed by atoms with E-state index < -0.39 is 53.8 Å². The maximum Gasteiger partial charge on any atom is 0.416 e. The number of hydrogen-bond acceptors (Lipinski definition) is 6. The lowest BCUT2D eigenvalue weighted by Gasteiger charge is -2.31. The molecule has 0 aliphatic carbocycles. The first-order chi connectivity index (χ1) is 15.9. The maximum absolute atomic E-state index is 14.2. The molecule has 1 fully saturated rings. The standard InChI is InChI=1S/C20H15F6N5O2S/c21-19(22,23)12-3-1-2-11(4-12)18(20(24,25)26)5-13(29-9-18)15-27-6-10(7-28-15)17(34)30-14-8-33-31-16(14)32/h1-4,6-7,14H,5,8-9H2,(H,30,34)(H,31,32). The van der Waals surface area contributed by atoms with Gasteiger partial charge in [-0.05, 0) is 11.6 Å². The van der Waals surface area contributed by atoms with Crippen molar-refractivity contribution < 1.29 is 36.0 Å². The molecule has 1 amide bonds. The van der Waals surface area contributed by atoms with Gasteiger partial charge in [-0.15, -0.1) is 0 Å². The second-order valence-corrected chi connectivity index (χ2v) is 8.11. The molecule has 34 heavy (non-hydrogen) atoms. The van der Waals surface area contributed by atoms with Crippen LogP contribution >= 0.6 is 12.2 Å². The van der Waals surface area contributed by atoms with E-state index in [1.165, 1.54) is 12.4 Å². The number of alkyl halides is 6. The van der Waals surface area contributed by atoms with E-state index in [2.05, 4.69) is 25.8 Å². The van der Waals surface area contributed by atoms with Crippen molar-refractivity contribution in [3.05, 3.63) is 59.2 Å². The van der Waals surface area contributed by atoms with Crippen molar-refractivity contribution in [3.63, 3.8) is 0 Å². The summed E-state index contributed by atoms with van der Waals surface area (Å²) in [6.07, 6.45) is -7.88. The van der Waals surface area contributed by atoms with Gasteiger partial charge in [0, 0.05) is 24.4 Å². The summed E-state index contributed by atoms with van der Waals surface area (Å²) in [4.78, 5) is 28.4. The first kappa shape index (κ1) is 24.0. The summed E-state index contributed by atoms with van der Waals surface area (Å²) in [7, 11) is 0. The van der Waals surface area contributed by atoms with Crippen LogP contribution in [0.15, 0.2) is 41.7 Å². The van der Waals surface area contributed by atoms with Crippen molar-refractivity contribution in [3.8, 4) is 0 Å². The molecule has 2 aliphatic heterocycles. The lowest BCUT2D eigenvalue weighted by molar-refractivity contribution is -0.184. The number of nitrogens with zero attached hydrogens (tertiary/aromatic N) is 3. The molecule has 0 spiro atoms. The van der Waals surface area contributed by atoms with Crippen LogP contribution in [0.1, 0.15) is 28.9 Å². The molecule has 4 rings (SSSR count). The van der Waals surface area contributed by atoms with Crippen molar-refractivity contribution in [1.82, 2.24) is 20.8 Å². The van der Waals surface area contributed by atoms with Crippen molar-refractivity contribution in [1.29, 1.82) is 0 Å². The number of nitrogens with one attached hydrogen (secondary N) is 2. The van der Waals surface area contributed by atoms with Crippen LogP contribution in [0.5, 0.6) is 0 Å². The molecule has 2 aromatic rings. The quantitative estimate of drug-likeness (QED) is 0.493. The van der Waals surface area contributed by atoms with Crippen LogP contribution in [0.4, 0.5) is 26.3 Å². The van der Waals surface area contributed by atoms with Gasteiger partial charge in [0.2, 0.25) is 0 Å². The SMILES string of the molecule is O=C1NOCC1NC(=S)c1cnc(C2=NCC(c3cccc(C(F)(F)F)c3)(C(F)(F)F)C2)nc1. The van der Waals surface area contributed by atoms with Gasteiger partial charge in [0.15, 0.2) is 5.82 Å². The van der Waals surface area contributed by atoms with Crippen LogP contribution in [0.2, 0.25) is 0 Å². The Morgan fingerprint density at radius 3 is 2.47 bits per heavy atom. The number of carbonyl (C=O) groups excluding carboxylic acids is 1. The average molecular weight is 503 g/mol. The summed E-state index contributed by atoms with van der Waals surface area (Å²) in [6.45, 7) is -0.751. The van der Waals surface area contributed by atoms with Gasteiger partial charge in [-0.25, -0.2) is 15.4 Å². The zero-order chi connectivity index (χ0) is 24.7. The monoisotopic (exact) mass is 503 g/mol. The van der Waals surface area contributed by atoms with E-state index >= 15 is 0 Å². The van der Waals surface area contributed by atoms with Gasteiger partial charge in [0.25, 0.3) is 5.91 Å². The van der Waals surface area contributed by atoms with Gasteiger partial charge in [0.05, 0.1) is 17.8 Å². The summed E-state index contributed by atoms with van der Waals surface area (Å²) in [5.74, 6) is -0.523. The minimum atomic E-state index is -4.88. The van der Waals surface area contributed by atoms with E-state index in [1.54, 1.807) is 0 Å². The highest BCUT2D eigenvalue weighted by atomic mass is 32.1. The smallest absolute Gasteiger partial charge is 0.362 e. The number of hydrogen-bond donors (Lipinski definition) is 2. The highest BCUT2D eigenvalue weighted by Crippen LogP contribution is 2.48. The van der Waals surface area contributed by atoms with Gasteiger partial charge < -0.3 is 5.32 Å². The number of rotatable bonds is 4. The molecule has 2 N–H and O–H groups in total. The molecule has 0 radical (unpaired) electrons. The number of hydroxylamine groups is 1. The normalized spacial score (nSPS) is 22.9. The van der Waals surface area contributed by atoms with E-state index in [4.69, 9.17) is 17.1 Å². The number of carbonyl (C=O) groups is 1. The lowest BCUT2D eigenvalue weighted by atomic mass is 9.76. The van der Waals surface area contributed by atoms with E-state index in [0.29, 0.717) is 17.7 Å². The zero-order valence-electron chi connectivity index (χ0n) is 17.0. The summed E-state index contributed by atoms with van der Waals surface area (Å²) in [5, 5.41) is 2.75. The Hall–Kier alpha value is -3.13. The molecule has 1 aromatic carbocycles. The Labute approximate surface area is 193 Å². The van der Waals surface area contributed by atoms with Crippen molar-refractivity contribution in [2.45, 2.75) is 30.2 Å². The van der Waals surface area contributed by atoms with Crippen LogP contribution in [0, 0.1) is 0 Å². The molecular formula is C20H15F6N5O2S. The number of benzene rings is 1. The van der Waals surface area contributed by atoms with Crippen LogP contribution in [-0.4, -0.2) is 51.9 Å². The van der Waals surface area contributed by atoms with Gasteiger partial charge >= 0.3 is 12.4 Å². The van der Waals surface area contributed by atoms with Gasteiger partial charge in [0.1, 0.15) is 23.1 Å². The second kappa shape index (κ2) is 8.58. The fraction of sp³-hybridized carbons (Fsp3) is 0.350. The molecule has 3 heterocycles. The van der Waals surface area contributed by atoms with Crippen LogP contribution in [0.3, 0.4) is 0 Å². The van der Waals surface area contributed by atoms with E-state index in [0.717, 1.165) is 12.1 Å². The van der Waals surface area contributed by atoms with Gasteiger partial charge in [-0.1, -0.05) is 30.4 Å². The fourth-order valence-corrected chi connectivity index (χ4v) is 3.85. The van der Waals surface area contributed by atoms with Gasteiger partial charge in [-0.2, -0.15) is 26.3 Å². The summed E-state index contributed by atoms with van der Waals surface area (Å²) >= 11 is 5.18. The number of aliphatic imine (C=N–C) groups is 1. The number of halogens is 6. The van der Waals surface area contributed by atoms with E-state index in [9.17, 15) is 31.1 Å². The van der Waals surface area contributed by atoms with Crippen molar-refractivity contribution in [2.24, 2.45) is 4.99 Å². The Balaban J connectivity index is 1.55. The molecule has 14 heteroatoms. The topological polar surface area (TPSA) is 88.5 Å². The Bertz CT molecular complexity index is 1150. The predicted octanol–water partition coefficient (Wildman–Crippen LogP) is 2.88. The van der Waals surface area contributed by atoms with Crippen molar-refractivity contribution >= 4 is 28.8 Å². The Kier molecular flexibility index (Phi) is 6.06. The molecule has 1 aromatic heterocycles. The third kappa shape index (κ3) is 4.46. The molecule has 2 aliphatic rings. The average Bonchev–Trinajstić information content (AvgIpc) is 3.41. The zero-order valence-corrected chi connectivity index (χ0v) is 17.8. The number of amides is 1.